The Bertz CT molecular complexity index is 3400. The van der Waals surface area contributed by atoms with E-state index in [4.69, 9.17) is 66.3 Å². The van der Waals surface area contributed by atoms with Crippen molar-refractivity contribution in [3.8, 4) is 34.5 Å². The Balaban J connectivity index is 0.000000255. The Labute approximate surface area is 481 Å². The highest BCUT2D eigenvalue weighted by molar-refractivity contribution is 5.98. The number of carbonyl (C=O) groups is 8. The molecule has 6 aromatic rings. The molecule has 22 nitrogen and oxygen atoms in total. The van der Waals surface area contributed by atoms with E-state index < -0.39 is 72.5 Å². The molecule has 2 saturated heterocycles. The molecule has 0 radical (unpaired) electrons. The highest BCUT2D eigenvalue weighted by Gasteiger charge is 2.51. The van der Waals surface area contributed by atoms with Gasteiger partial charge in [0.15, 0.2) is 35.2 Å². The quantitative estimate of drug-likeness (QED) is 0.0144. The van der Waals surface area contributed by atoms with Crippen LogP contribution in [0.25, 0.3) is 21.5 Å². The van der Waals surface area contributed by atoms with Gasteiger partial charge in [0.05, 0.1) is 70.6 Å². The predicted octanol–water partition coefficient (Wildman–Crippen LogP) is 9.75. The minimum Gasteiger partial charge on any atom is -0.493 e. The molecule has 0 saturated carbocycles. The molecule has 6 aromatic carbocycles. The lowest BCUT2D eigenvalue weighted by Gasteiger charge is -2.17. The second kappa shape index (κ2) is 30.3. The van der Waals surface area contributed by atoms with Crippen LogP contribution in [0.15, 0.2) is 135 Å². The first kappa shape index (κ1) is 61.8. The Morgan fingerprint density at radius 3 is 1.33 bits per heavy atom. The van der Waals surface area contributed by atoms with Crippen molar-refractivity contribution in [3.63, 3.8) is 0 Å². The summed E-state index contributed by atoms with van der Waals surface area (Å²) < 4.78 is 74.1. The first-order valence-corrected chi connectivity index (χ1v) is 26.3. The van der Waals surface area contributed by atoms with Gasteiger partial charge in [0.1, 0.15) is 23.7 Å². The fourth-order valence-electron chi connectivity index (χ4n) is 8.37. The van der Waals surface area contributed by atoms with E-state index in [2.05, 4.69) is 13.2 Å². The summed E-state index contributed by atoms with van der Waals surface area (Å²) in [6.45, 7) is 10.7. The van der Waals surface area contributed by atoms with E-state index in [9.17, 15) is 38.4 Å². The summed E-state index contributed by atoms with van der Waals surface area (Å²) in [6, 6.07) is 29.3. The van der Waals surface area contributed by atoms with E-state index in [1.54, 1.807) is 84.9 Å². The number of fused-ring (bicyclic) bond motifs is 3. The lowest BCUT2D eigenvalue weighted by Crippen LogP contribution is -2.35. The number of aryl methyl sites for hydroxylation is 1. The standard InChI is InChI=1S/C35H34O14.C27H26O8/c1-4-30(37)42-13-5-6-14-43-35(40)47-25-11-9-21-15-23(8-7-22(21)16-25)33(38)48-26-12-10-24(17-27(26)41-3)34(39)49-29-19-45-31-28(46-20(2)36)18-44-32(29)31;1-4-25(28)32-13-5-6-14-33-27(30)34-22-11-10-19-16-21(9-8-20(19)17-22)26(29)35-23-12-7-18(2)15-24(23)31-3/h4,7-12,15-17,28-29,31-32H,1,5-6,13-14,18-19H2,2-3H3;4,7-12,15-17H,1,5-6,13-14H2,2-3H3/t28-,29-,31?,32?;/m1./s1. The zero-order valence-electron chi connectivity index (χ0n) is 46.3. The summed E-state index contributed by atoms with van der Waals surface area (Å²) in [6.07, 6.45) is 0.124. The van der Waals surface area contributed by atoms with Gasteiger partial charge in [-0.1, -0.05) is 43.5 Å². The molecule has 2 aliphatic rings. The molecule has 0 spiro atoms. The monoisotopic (exact) mass is 1160 g/mol. The summed E-state index contributed by atoms with van der Waals surface area (Å²) in [7, 11) is 2.88. The number of hydrogen-bond donors (Lipinski definition) is 0. The maximum atomic E-state index is 13.1. The number of carbonyl (C=O) groups excluding carboxylic acids is 8. The molecule has 440 valence electrons. The van der Waals surface area contributed by atoms with Crippen LogP contribution in [0.5, 0.6) is 34.5 Å². The van der Waals surface area contributed by atoms with E-state index in [0.29, 0.717) is 59.3 Å². The number of rotatable bonds is 23. The average Bonchev–Trinajstić information content (AvgIpc) is 4.27. The average molecular weight is 1160 g/mol. The van der Waals surface area contributed by atoms with Crippen LogP contribution in [0.1, 0.15) is 69.2 Å². The third-order valence-electron chi connectivity index (χ3n) is 12.5. The topological polar surface area (TPSA) is 266 Å². The summed E-state index contributed by atoms with van der Waals surface area (Å²) in [5, 5.41) is 2.90. The van der Waals surface area contributed by atoms with E-state index >= 15 is 0 Å². The highest BCUT2D eigenvalue weighted by atomic mass is 16.7. The molecular formula is C62H60O22. The fourth-order valence-corrected chi connectivity index (χ4v) is 8.37. The van der Waals surface area contributed by atoms with Crippen molar-refractivity contribution in [1.29, 1.82) is 0 Å². The minimum absolute atomic E-state index is 0.0804. The molecule has 2 fully saturated rings. The third-order valence-corrected chi connectivity index (χ3v) is 12.5. The normalized spacial score (nSPS) is 15.6. The molecule has 22 heteroatoms. The van der Waals surface area contributed by atoms with Crippen LogP contribution in [0, 0.1) is 6.92 Å². The molecule has 2 unspecified atom stereocenters. The minimum atomic E-state index is -0.880. The van der Waals surface area contributed by atoms with Crippen molar-refractivity contribution in [3.05, 3.63) is 157 Å². The van der Waals surface area contributed by atoms with E-state index in [1.165, 1.54) is 39.3 Å². The third kappa shape index (κ3) is 17.6. The largest absolute Gasteiger partial charge is 0.513 e. The van der Waals surface area contributed by atoms with E-state index in [0.717, 1.165) is 28.5 Å². The van der Waals surface area contributed by atoms with Gasteiger partial charge in [-0.15, -0.1) is 0 Å². The van der Waals surface area contributed by atoms with Gasteiger partial charge in [0.25, 0.3) is 0 Å². The van der Waals surface area contributed by atoms with Crippen LogP contribution < -0.4 is 28.4 Å². The molecule has 0 aliphatic carbocycles. The Morgan fingerprint density at radius 2 is 0.869 bits per heavy atom. The number of ether oxygens (including phenoxy) is 14. The second-order valence-corrected chi connectivity index (χ2v) is 18.5. The Kier molecular flexibility index (Phi) is 22.3. The van der Waals surface area contributed by atoms with Gasteiger partial charge in [-0.2, -0.15) is 0 Å². The molecule has 84 heavy (non-hydrogen) atoms. The SMILES string of the molecule is C=CC(=O)OCCCCOC(=O)Oc1ccc2cc(C(=O)Oc3ccc(C(=O)O[C@@H]4COC5C4OC[C@H]5OC(C)=O)cc3OC)ccc2c1.C=CC(=O)OCCCCOC(=O)Oc1ccc2cc(C(=O)Oc3ccc(C)cc3OC)ccc2c1. The van der Waals surface area contributed by atoms with Gasteiger partial charge in [-0.25, -0.2) is 33.6 Å². The number of esters is 6. The summed E-state index contributed by atoms with van der Waals surface area (Å²) in [4.78, 5) is 95.9. The molecular weight excluding hydrogens is 1100 g/mol. The van der Waals surface area contributed by atoms with Crippen molar-refractivity contribution < 1.29 is 105 Å². The molecule has 0 N–H and O–H groups in total. The molecule has 2 heterocycles. The maximum absolute atomic E-state index is 13.1. The number of methoxy groups -OCH3 is 2. The lowest BCUT2D eigenvalue weighted by molar-refractivity contribution is -0.151. The zero-order chi connectivity index (χ0) is 60.1. The van der Waals surface area contributed by atoms with Gasteiger partial charge < -0.3 is 66.3 Å². The maximum Gasteiger partial charge on any atom is 0.513 e. The van der Waals surface area contributed by atoms with Gasteiger partial charge in [0.2, 0.25) is 0 Å². The second-order valence-electron chi connectivity index (χ2n) is 18.5. The molecule has 0 aromatic heterocycles. The highest BCUT2D eigenvalue weighted by Crippen LogP contribution is 2.34. The van der Waals surface area contributed by atoms with Crippen LogP contribution in [-0.4, -0.2) is 126 Å². The van der Waals surface area contributed by atoms with Crippen LogP contribution in [0.3, 0.4) is 0 Å². The van der Waals surface area contributed by atoms with Gasteiger partial charge >= 0.3 is 48.1 Å². The summed E-state index contributed by atoms with van der Waals surface area (Å²) in [5.41, 5.74) is 1.74. The number of hydrogen-bond acceptors (Lipinski definition) is 22. The number of unbranched alkanes of at least 4 members (excludes halogenated alkanes) is 2. The van der Waals surface area contributed by atoms with Crippen molar-refractivity contribution in [2.24, 2.45) is 0 Å². The van der Waals surface area contributed by atoms with Crippen LogP contribution >= 0.6 is 0 Å². The summed E-state index contributed by atoms with van der Waals surface area (Å²) in [5.74, 6) is -1.74. The lowest BCUT2D eigenvalue weighted by atomic mass is 10.1. The first-order chi connectivity index (χ1) is 40.5. The Morgan fingerprint density at radius 1 is 0.464 bits per heavy atom. The summed E-state index contributed by atoms with van der Waals surface area (Å²) >= 11 is 0. The predicted molar refractivity (Wildman–Crippen MR) is 298 cm³/mol. The molecule has 2 aliphatic heterocycles. The van der Waals surface area contributed by atoms with Crippen molar-refractivity contribution in [2.75, 3.05) is 53.9 Å². The van der Waals surface area contributed by atoms with Crippen LogP contribution in [0.2, 0.25) is 0 Å². The smallest absolute Gasteiger partial charge is 0.493 e. The molecule has 0 bridgehead atoms. The van der Waals surface area contributed by atoms with Crippen molar-refractivity contribution in [1.82, 2.24) is 0 Å². The Hall–Kier alpha value is -9.80. The molecule has 4 atom stereocenters. The van der Waals surface area contributed by atoms with E-state index in [1.807, 2.05) is 13.0 Å². The fraction of sp³-hybridized carbons (Fsp3) is 0.290. The van der Waals surface area contributed by atoms with Crippen molar-refractivity contribution >= 4 is 69.7 Å². The molecule has 0 amide bonds. The zero-order valence-corrected chi connectivity index (χ0v) is 46.3. The van der Waals surface area contributed by atoms with Crippen LogP contribution in [0.4, 0.5) is 9.59 Å². The van der Waals surface area contributed by atoms with E-state index in [-0.39, 0.29) is 68.0 Å². The van der Waals surface area contributed by atoms with Gasteiger partial charge in [-0.3, -0.25) is 4.79 Å². The van der Waals surface area contributed by atoms with Crippen molar-refractivity contribution in [2.45, 2.75) is 63.9 Å². The van der Waals surface area contributed by atoms with Crippen LogP contribution in [-0.2, 0) is 52.3 Å². The molecule has 8 rings (SSSR count). The first-order valence-electron chi connectivity index (χ1n) is 26.3. The number of benzene rings is 6. The van der Waals surface area contributed by atoms with Gasteiger partial charge in [-0.05, 0) is 139 Å². The van der Waals surface area contributed by atoms with Gasteiger partial charge in [0, 0.05) is 19.1 Å².